The number of amides is 1. The van der Waals surface area contributed by atoms with Crippen molar-refractivity contribution in [3.63, 3.8) is 0 Å². The zero-order valence-electron chi connectivity index (χ0n) is 16.8. The lowest BCUT2D eigenvalue weighted by Crippen LogP contribution is -2.15. The van der Waals surface area contributed by atoms with Gasteiger partial charge in [-0.25, -0.2) is 4.79 Å². The van der Waals surface area contributed by atoms with Crippen molar-refractivity contribution >= 4 is 39.0 Å². The van der Waals surface area contributed by atoms with Crippen LogP contribution in [0.4, 0.5) is 5.00 Å². The quantitative estimate of drug-likeness (QED) is 0.389. The maximum atomic E-state index is 13.2. The Balaban J connectivity index is 1.79. The maximum absolute atomic E-state index is 13.2. The Bertz CT molecular complexity index is 1220. The minimum Gasteiger partial charge on any atom is -0.462 e. The molecular formula is C25H21NO3S. The molecule has 0 fully saturated rings. The van der Waals surface area contributed by atoms with Crippen LogP contribution in [0.1, 0.15) is 32.5 Å². The third-order valence-corrected chi connectivity index (χ3v) is 5.91. The molecule has 1 heterocycles. The third-order valence-electron chi connectivity index (χ3n) is 4.89. The second kappa shape index (κ2) is 8.51. The van der Waals surface area contributed by atoms with Gasteiger partial charge in [0.05, 0.1) is 6.61 Å². The van der Waals surface area contributed by atoms with Crippen LogP contribution < -0.4 is 5.32 Å². The van der Waals surface area contributed by atoms with Gasteiger partial charge in [-0.1, -0.05) is 66.7 Å². The summed E-state index contributed by atoms with van der Waals surface area (Å²) >= 11 is 1.39. The van der Waals surface area contributed by atoms with Gasteiger partial charge in [0.2, 0.25) is 0 Å². The molecule has 0 atom stereocenters. The number of carbonyl (C=O) groups excluding carboxylic acids is 2. The monoisotopic (exact) mass is 415 g/mol. The van der Waals surface area contributed by atoms with E-state index in [0.29, 0.717) is 16.1 Å². The van der Waals surface area contributed by atoms with Gasteiger partial charge in [-0.05, 0) is 36.2 Å². The summed E-state index contributed by atoms with van der Waals surface area (Å²) in [5, 5.41) is 5.33. The minimum absolute atomic E-state index is 0.252. The van der Waals surface area contributed by atoms with Crippen LogP contribution in [0.25, 0.3) is 21.9 Å². The number of carbonyl (C=O) groups is 2. The number of hydrogen-bond acceptors (Lipinski definition) is 4. The Morgan fingerprint density at radius 1 is 0.933 bits per heavy atom. The molecule has 0 aliphatic rings. The Hall–Kier alpha value is -3.44. The van der Waals surface area contributed by atoms with Crippen molar-refractivity contribution in [3.8, 4) is 11.1 Å². The van der Waals surface area contributed by atoms with Crippen LogP contribution >= 0.6 is 11.3 Å². The Labute approximate surface area is 179 Å². The number of nitrogens with one attached hydrogen (secondary N) is 1. The topological polar surface area (TPSA) is 55.4 Å². The predicted octanol–water partition coefficient (Wildman–Crippen LogP) is 6.31. The van der Waals surface area contributed by atoms with Crippen LogP contribution in [-0.2, 0) is 4.74 Å². The molecule has 150 valence electrons. The highest BCUT2D eigenvalue weighted by Gasteiger charge is 2.26. The Morgan fingerprint density at radius 3 is 2.40 bits per heavy atom. The maximum Gasteiger partial charge on any atom is 0.341 e. The number of benzene rings is 3. The lowest BCUT2D eigenvalue weighted by atomic mass is 10.0. The molecule has 0 spiro atoms. The molecule has 4 rings (SSSR count). The van der Waals surface area contributed by atoms with Gasteiger partial charge in [0.25, 0.3) is 5.91 Å². The van der Waals surface area contributed by atoms with Crippen LogP contribution in [0.15, 0.2) is 72.8 Å². The summed E-state index contributed by atoms with van der Waals surface area (Å²) in [6, 6.07) is 23.1. The largest absolute Gasteiger partial charge is 0.462 e. The number of aryl methyl sites for hydroxylation is 1. The summed E-state index contributed by atoms with van der Waals surface area (Å²) in [6.45, 7) is 3.98. The summed E-state index contributed by atoms with van der Waals surface area (Å²) in [5.41, 5.74) is 2.68. The van der Waals surface area contributed by atoms with Gasteiger partial charge in [-0.3, -0.25) is 4.79 Å². The fourth-order valence-corrected chi connectivity index (χ4v) is 4.64. The summed E-state index contributed by atoms with van der Waals surface area (Å²) in [4.78, 5) is 26.9. The minimum atomic E-state index is -0.436. The molecule has 0 aliphatic heterocycles. The number of hydrogen-bond donors (Lipinski definition) is 1. The third kappa shape index (κ3) is 3.72. The fourth-order valence-electron chi connectivity index (χ4n) is 3.58. The van der Waals surface area contributed by atoms with Gasteiger partial charge >= 0.3 is 5.97 Å². The van der Waals surface area contributed by atoms with Crippen molar-refractivity contribution < 1.29 is 14.3 Å². The molecule has 5 heteroatoms. The highest BCUT2D eigenvalue weighted by molar-refractivity contribution is 7.17. The highest BCUT2D eigenvalue weighted by atomic mass is 32.1. The molecule has 0 aliphatic carbocycles. The average Bonchev–Trinajstić information content (AvgIpc) is 3.09. The van der Waals surface area contributed by atoms with Crippen molar-refractivity contribution in [3.05, 3.63) is 88.8 Å². The second-order valence-electron chi connectivity index (χ2n) is 6.80. The van der Waals surface area contributed by atoms with E-state index in [4.69, 9.17) is 4.74 Å². The van der Waals surface area contributed by atoms with Crippen molar-refractivity contribution in [1.29, 1.82) is 0 Å². The van der Waals surface area contributed by atoms with E-state index in [0.717, 1.165) is 26.8 Å². The summed E-state index contributed by atoms with van der Waals surface area (Å²) in [6.07, 6.45) is 0. The molecule has 4 aromatic rings. The normalized spacial score (nSPS) is 10.7. The average molecular weight is 416 g/mol. The van der Waals surface area contributed by atoms with Crippen molar-refractivity contribution in [2.24, 2.45) is 0 Å². The lowest BCUT2D eigenvalue weighted by molar-refractivity contribution is 0.0529. The van der Waals surface area contributed by atoms with E-state index in [-0.39, 0.29) is 12.5 Å². The molecule has 1 amide bonds. The molecule has 0 bridgehead atoms. The molecule has 0 radical (unpaired) electrons. The van der Waals surface area contributed by atoms with Crippen LogP contribution in [0.3, 0.4) is 0 Å². The Morgan fingerprint density at radius 2 is 1.63 bits per heavy atom. The number of thiophene rings is 1. The number of ether oxygens (including phenoxy) is 1. The van der Waals surface area contributed by atoms with Crippen LogP contribution in [-0.4, -0.2) is 18.5 Å². The molecule has 4 nitrogen and oxygen atoms in total. The Kier molecular flexibility index (Phi) is 5.63. The fraction of sp³-hybridized carbons (Fsp3) is 0.120. The van der Waals surface area contributed by atoms with Crippen LogP contribution in [0.5, 0.6) is 0 Å². The molecule has 0 saturated heterocycles. The van der Waals surface area contributed by atoms with Crippen molar-refractivity contribution in [2.75, 3.05) is 11.9 Å². The van der Waals surface area contributed by atoms with Gasteiger partial charge in [0.1, 0.15) is 10.6 Å². The first-order valence-corrected chi connectivity index (χ1v) is 10.6. The standard InChI is InChI=1S/C25H21NO3S/c1-3-29-25(28)22-21(18-11-5-4-6-12-18)16(2)30-24(22)26-23(27)20-15-9-13-17-10-7-8-14-19(17)20/h4-15H,3H2,1-2H3,(H,26,27). The second-order valence-corrected chi connectivity index (χ2v) is 8.03. The first kappa shape index (κ1) is 19.9. The molecule has 1 aromatic heterocycles. The summed E-state index contributed by atoms with van der Waals surface area (Å²) < 4.78 is 5.32. The smallest absolute Gasteiger partial charge is 0.341 e. The summed E-state index contributed by atoms with van der Waals surface area (Å²) in [5.74, 6) is -0.688. The lowest BCUT2D eigenvalue weighted by Gasteiger charge is -2.10. The zero-order valence-corrected chi connectivity index (χ0v) is 17.6. The van der Waals surface area contributed by atoms with E-state index < -0.39 is 5.97 Å². The highest BCUT2D eigenvalue weighted by Crippen LogP contribution is 2.40. The van der Waals surface area contributed by atoms with Crippen molar-refractivity contribution in [1.82, 2.24) is 0 Å². The molecule has 3 aromatic carbocycles. The predicted molar refractivity (Wildman–Crippen MR) is 122 cm³/mol. The zero-order chi connectivity index (χ0) is 21.1. The van der Waals surface area contributed by atoms with E-state index in [1.165, 1.54) is 11.3 Å². The van der Waals surface area contributed by atoms with Gasteiger partial charge in [0.15, 0.2) is 0 Å². The molecular weight excluding hydrogens is 394 g/mol. The van der Waals surface area contributed by atoms with Crippen LogP contribution in [0, 0.1) is 6.92 Å². The van der Waals surface area contributed by atoms with E-state index in [9.17, 15) is 9.59 Å². The molecule has 30 heavy (non-hydrogen) atoms. The van der Waals surface area contributed by atoms with Crippen LogP contribution in [0.2, 0.25) is 0 Å². The number of fused-ring (bicyclic) bond motifs is 1. The van der Waals surface area contributed by atoms with E-state index in [1.807, 2.05) is 73.7 Å². The molecule has 0 saturated carbocycles. The SMILES string of the molecule is CCOC(=O)c1c(NC(=O)c2cccc3ccccc23)sc(C)c1-c1ccccc1. The molecule has 1 N–H and O–H groups in total. The number of rotatable bonds is 5. The van der Waals surface area contributed by atoms with Gasteiger partial charge in [0, 0.05) is 16.0 Å². The van der Waals surface area contributed by atoms with Gasteiger partial charge in [-0.15, -0.1) is 11.3 Å². The van der Waals surface area contributed by atoms with E-state index >= 15 is 0 Å². The molecule has 0 unspecified atom stereocenters. The van der Waals surface area contributed by atoms with E-state index in [1.54, 1.807) is 13.0 Å². The first-order valence-electron chi connectivity index (χ1n) is 9.75. The van der Waals surface area contributed by atoms with Gasteiger partial charge < -0.3 is 10.1 Å². The number of anilines is 1. The van der Waals surface area contributed by atoms with Gasteiger partial charge in [-0.2, -0.15) is 0 Å². The van der Waals surface area contributed by atoms with Crippen molar-refractivity contribution in [2.45, 2.75) is 13.8 Å². The number of esters is 1. The first-order chi connectivity index (χ1) is 14.6. The van der Waals surface area contributed by atoms with E-state index in [2.05, 4.69) is 5.32 Å². The summed E-state index contributed by atoms with van der Waals surface area (Å²) in [7, 11) is 0.